The Balaban J connectivity index is 2.01. The lowest BCUT2D eigenvalue weighted by Gasteiger charge is -2.09. The maximum absolute atomic E-state index is 5.97. The molecule has 0 bridgehead atoms. The summed E-state index contributed by atoms with van der Waals surface area (Å²) in [6.45, 7) is 2.14. The maximum Gasteiger partial charge on any atom is 0.0704 e. The summed E-state index contributed by atoms with van der Waals surface area (Å²) in [4.78, 5) is 4.41. The highest BCUT2D eigenvalue weighted by molar-refractivity contribution is 5.82. The summed E-state index contributed by atoms with van der Waals surface area (Å²) >= 11 is 0. The molecule has 0 amide bonds. The van der Waals surface area contributed by atoms with Crippen LogP contribution in [-0.4, -0.2) is 4.98 Å². The third-order valence-electron chi connectivity index (χ3n) is 3.72. The smallest absolute Gasteiger partial charge is 0.0704 e. The molecule has 2 nitrogen and oxygen atoms in total. The van der Waals surface area contributed by atoms with Gasteiger partial charge in [0.1, 0.15) is 0 Å². The first kappa shape index (κ1) is 12.7. The predicted molar refractivity (Wildman–Crippen MR) is 84.8 cm³/mol. The summed E-state index contributed by atoms with van der Waals surface area (Å²) in [5.74, 6) is 0. The summed E-state index contributed by atoms with van der Waals surface area (Å²) in [5, 5.41) is 1.23. The lowest BCUT2D eigenvalue weighted by Crippen LogP contribution is -1.96. The number of para-hydroxylation sites is 1. The van der Waals surface area contributed by atoms with E-state index in [2.05, 4.69) is 48.3 Å². The standard InChI is InChI=1S/C18H18N2/c1-2-14-11-13(7-8-17(14)19)12-15-9-10-20-18-6-4-3-5-16(15)18/h3-11H,2,12,19H2,1H3. The van der Waals surface area contributed by atoms with Crippen molar-refractivity contribution >= 4 is 16.6 Å². The molecule has 20 heavy (non-hydrogen) atoms. The molecule has 100 valence electrons. The van der Waals surface area contributed by atoms with Gasteiger partial charge in [0.15, 0.2) is 0 Å². The molecule has 3 rings (SSSR count). The summed E-state index contributed by atoms with van der Waals surface area (Å²) in [6.07, 6.45) is 3.77. The zero-order valence-electron chi connectivity index (χ0n) is 11.6. The number of aromatic nitrogens is 1. The van der Waals surface area contributed by atoms with E-state index in [1.807, 2.05) is 18.3 Å². The average molecular weight is 262 g/mol. The van der Waals surface area contributed by atoms with Crippen LogP contribution in [-0.2, 0) is 12.8 Å². The van der Waals surface area contributed by atoms with Crippen molar-refractivity contribution in [2.24, 2.45) is 0 Å². The number of nitrogens with two attached hydrogens (primary N) is 1. The van der Waals surface area contributed by atoms with Crippen LogP contribution in [0.4, 0.5) is 5.69 Å². The summed E-state index contributed by atoms with van der Waals surface area (Å²) in [7, 11) is 0. The van der Waals surface area contributed by atoms with Crippen LogP contribution in [0.15, 0.2) is 54.7 Å². The molecule has 1 aromatic heterocycles. The molecule has 0 aliphatic carbocycles. The number of nitrogens with zero attached hydrogens (tertiary/aromatic N) is 1. The zero-order valence-corrected chi connectivity index (χ0v) is 11.6. The van der Waals surface area contributed by atoms with Crippen LogP contribution >= 0.6 is 0 Å². The average Bonchev–Trinajstić information content (AvgIpc) is 2.49. The topological polar surface area (TPSA) is 38.9 Å². The Kier molecular flexibility index (Phi) is 3.38. The zero-order chi connectivity index (χ0) is 13.9. The van der Waals surface area contributed by atoms with Gasteiger partial charge < -0.3 is 5.73 Å². The molecule has 0 aliphatic rings. The first-order valence-electron chi connectivity index (χ1n) is 6.98. The van der Waals surface area contributed by atoms with Gasteiger partial charge in [0.2, 0.25) is 0 Å². The van der Waals surface area contributed by atoms with Gasteiger partial charge in [-0.3, -0.25) is 4.98 Å². The van der Waals surface area contributed by atoms with Crippen LogP contribution < -0.4 is 5.73 Å². The summed E-state index contributed by atoms with van der Waals surface area (Å²) in [6, 6.07) is 16.7. The normalized spacial score (nSPS) is 10.8. The molecule has 3 aromatic rings. The van der Waals surface area contributed by atoms with E-state index in [-0.39, 0.29) is 0 Å². The fourth-order valence-electron chi connectivity index (χ4n) is 2.60. The quantitative estimate of drug-likeness (QED) is 0.725. The molecule has 0 unspecified atom stereocenters. The van der Waals surface area contributed by atoms with E-state index in [4.69, 9.17) is 5.73 Å². The lowest BCUT2D eigenvalue weighted by atomic mass is 9.98. The fraction of sp³-hybridized carbons (Fsp3) is 0.167. The Labute approximate surface area is 119 Å². The van der Waals surface area contributed by atoms with Gasteiger partial charge in [0.25, 0.3) is 0 Å². The Morgan fingerprint density at radius 2 is 1.85 bits per heavy atom. The number of hydrogen-bond acceptors (Lipinski definition) is 2. The van der Waals surface area contributed by atoms with E-state index in [1.54, 1.807) is 0 Å². The minimum Gasteiger partial charge on any atom is -0.399 e. The van der Waals surface area contributed by atoms with Crippen molar-refractivity contribution in [1.29, 1.82) is 0 Å². The second-order valence-electron chi connectivity index (χ2n) is 5.05. The Hall–Kier alpha value is -2.35. The highest BCUT2D eigenvalue weighted by atomic mass is 14.6. The summed E-state index contributed by atoms with van der Waals surface area (Å²) in [5.41, 5.74) is 11.7. The van der Waals surface area contributed by atoms with Crippen molar-refractivity contribution in [2.75, 3.05) is 5.73 Å². The molecule has 0 radical (unpaired) electrons. The molecule has 0 atom stereocenters. The third kappa shape index (κ3) is 2.37. The van der Waals surface area contributed by atoms with Crippen LogP contribution in [0.25, 0.3) is 10.9 Å². The number of fused-ring (bicyclic) bond motifs is 1. The number of anilines is 1. The number of nitrogen functional groups attached to an aromatic ring is 1. The molecule has 2 N–H and O–H groups in total. The van der Waals surface area contributed by atoms with E-state index in [9.17, 15) is 0 Å². The van der Waals surface area contributed by atoms with Gasteiger partial charge in [-0.25, -0.2) is 0 Å². The van der Waals surface area contributed by atoms with Crippen LogP contribution in [0.3, 0.4) is 0 Å². The minimum absolute atomic E-state index is 0.885. The Morgan fingerprint density at radius 1 is 1.00 bits per heavy atom. The number of pyridine rings is 1. The highest BCUT2D eigenvalue weighted by Gasteiger charge is 2.04. The van der Waals surface area contributed by atoms with Crippen LogP contribution in [0.1, 0.15) is 23.6 Å². The SMILES string of the molecule is CCc1cc(Cc2ccnc3ccccc23)ccc1N. The van der Waals surface area contributed by atoms with Gasteiger partial charge in [-0.05, 0) is 47.7 Å². The van der Waals surface area contributed by atoms with Crippen molar-refractivity contribution < 1.29 is 0 Å². The third-order valence-corrected chi connectivity index (χ3v) is 3.72. The van der Waals surface area contributed by atoms with Crippen molar-refractivity contribution in [3.05, 3.63) is 71.4 Å². The van der Waals surface area contributed by atoms with Crippen molar-refractivity contribution in [2.45, 2.75) is 19.8 Å². The maximum atomic E-state index is 5.97. The van der Waals surface area contributed by atoms with E-state index in [0.29, 0.717) is 0 Å². The monoisotopic (exact) mass is 262 g/mol. The first-order chi connectivity index (χ1) is 9.78. The number of hydrogen-bond donors (Lipinski definition) is 1. The lowest BCUT2D eigenvalue weighted by molar-refractivity contribution is 1.11. The van der Waals surface area contributed by atoms with Gasteiger partial charge >= 0.3 is 0 Å². The van der Waals surface area contributed by atoms with E-state index in [1.165, 1.54) is 22.1 Å². The number of aryl methyl sites for hydroxylation is 1. The van der Waals surface area contributed by atoms with Gasteiger partial charge in [-0.1, -0.05) is 37.3 Å². The predicted octanol–water partition coefficient (Wildman–Crippen LogP) is 3.97. The second-order valence-corrected chi connectivity index (χ2v) is 5.05. The molecule has 0 saturated carbocycles. The molecule has 1 heterocycles. The van der Waals surface area contributed by atoms with E-state index in [0.717, 1.165) is 24.0 Å². The van der Waals surface area contributed by atoms with Crippen LogP contribution in [0.5, 0.6) is 0 Å². The van der Waals surface area contributed by atoms with E-state index < -0.39 is 0 Å². The summed E-state index contributed by atoms with van der Waals surface area (Å²) < 4.78 is 0. The molecular formula is C18H18N2. The van der Waals surface area contributed by atoms with Crippen molar-refractivity contribution in [3.63, 3.8) is 0 Å². The largest absolute Gasteiger partial charge is 0.399 e. The van der Waals surface area contributed by atoms with Gasteiger partial charge in [0, 0.05) is 17.3 Å². The molecule has 2 heteroatoms. The number of benzene rings is 2. The van der Waals surface area contributed by atoms with Crippen LogP contribution in [0.2, 0.25) is 0 Å². The Morgan fingerprint density at radius 3 is 2.70 bits per heavy atom. The molecule has 0 saturated heterocycles. The van der Waals surface area contributed by atoms with Crippen molar-refractivity contribution in [1.82, 2.24) is 4.98 Å². The van der Waals surface area contributed by atoms with Gasteiger partial charge in [-0.15, -0.1) is 0 Å². The van der Waals surface area contributed by atoms with Crippen LogP contribution in [0, 0.1) is 0 Å². The minimum atomic E-state index is 0.885. The second kappa shape index (κ2) is 5.33. The molecule has 0 fully saturated rings. The van der Waals surface area contributed by atoms with Gasteiger partial charge in [0.05, 0.1) is 5.52 Å². The molecule has 0 aliphatic heterocycles. The highest BCUT2D eigenvalue weighted by Crippen LogP contribution is 2.22. The van der Waals surface area contributed by atoms with Gasteiger partial charge in [-0.2, -0.15) is 0 Å². The first-order valence-corrected chi connectivity index (χ1v) is 6.98. The fourth-order valence-corrected chi connectivity index (χ4v) is 2.60. The number of rotatable bonds is 3. The molecule has 2 aromatic carbocycles. The van der Waals surface area contributed by atoms with E-state index >= 15 is 0 Å². The Bertz CT molecular complexity index is 742. The molecular weight excluding hydrogens is 244 g/mol. The van der Waals surface area contributed by atoms with Crippen molar-refractivity contribution in [3.8, 4) is 0 Å². The molecule has 0 spiro atoms.